The fraction of sp³-hybridized carbons (Fsp3) is 0.217. The minimum Gasteiger partial charge on any atom is -0.377 e. The molecule has 0 fully saturated rings. The number of thiazole rings is 1. The number of aliphatic hydroxyl groups is 1. The van der Waals surface area contributed by atoms with Gasteiger partial charge in [0, 0.05) is 5.38 Å². The van der Waals surface area contributed by atoms with Crippen LogP contribution in [0.2, 0.25) is 0 Å². The van der Waals surface area contributed by atoms with Crippen LogP contribution in [-0.4, -0.2) is 30.9 Å². The van der Waals surface area contributed by atoms with Gasteiger partial charge in [0.15, 0.2) is 0 Å². The lowest BCUT2D eigenvalue weighted by molar-refractivity contribution is -0.137. The molecule has 0 aliphatic carbocycles. The fourth-order valence-corrected chi connectivity index (χ4v) is 4.00. The molecule has 34 heavy (non-hydrogen) atoms. The fourth-order valence-electron chi connectivity index (χ4n) is 3.47. The molecule has 1 amide bonds. The van der Waals surface area contributed by atoms with E-state index in [1.54, 1.807) is 36.9 Å². The molecule has 4 rings (SSSR count). The molecule has 1 aromatic carbocycles. The van der Waals surface area contributed by atoms with Gasteiger partial charge in [0.1, 0.15) is 17.1 Å². The second-order valence-corrected chi connectivity index (χ2v) is 8.62. The van der Waals surface area contributed by atoms with Gasteiger partial charge in [-0.25, -0.2) is 9.97 Å². The molecule has 0 saturated heterocycles. The van der Waals surface area contributed by atoms with Gasteiger partial charge >= 0.3 is 6.18 Å². The number of nitrogens with one attached hydrogen (secondary N) is 2. The highest BCUT2D eigenvalue weighted by atomic mass is 32.1. The molecule has 0 bridgehead atoms. The van der Waals surface area contributed by atoms with Crippen LogP contribution in [0, 0.1) is 5.92 Å². The molecule has 1 unspecified atom stereocenters. The molecule has 4 aromatic rings. The average Bonchev–Trinajstić information content (AvgIpc) is 3.51. The van der Waals surface area contributed by atoms with Gasteiger partial charge in [-0.1, -0.05) is 26.0 Å². The average molecular weight is 488 g/mol. The minimum absolute atomic E-state index is 0.0753. The number of aromatic amines is 1. The van der Waals surface area contributed by atoms with E-state index in [9.17, 15) is 23.1 Å². The van der Waals surface area contributed by atoms with Gasteiger partial charge in [-0.3, -0.25) is 9.78 Å². The molecule has 1 atom stereocenters. The van der Waals surface area contributed by atoms with Crippen molar-refractivity contribution in [2.45, 2.75) is 25.6 Å². The van der Waals surface area contributed by atoms with Crippen molar-refractivity contribution in [2.24, 2.45) is 5.92 Å². The smallest absolute Gasteiger partial charge is 0.377 e. The molecule has 0 radical (unpaired) electrons. The predicted octanol–water partition coefficient (Wildman–Crippen LogP) is 5.09. The van der Waals surface area contributed by atoms with E-state index in [2.05, 4.69) is 25.3 Å². The van der Waals surface area contributed by atoms with Crippen molar-refractivity contribution < 1.29 is 23.1 Å². The van der Waals surface area contributed by atoms with Crippen LogP contribution in [0.5, 0.6) is 0 Å². The summed E-state index contributed by atoms with van der Waals surface area (Å²) in [7, 11) is 0. The zero-order valence-corrected chi connectivity index (χ0v) is 18.9. The summed E-state index contributed by atoms with van der Waals surface area (Å²) in [6.07, 6.45) is -1.63. The van der Waals surface area contributed by atoms with Crippen molar-refractivity contribution in [3.63, 3.8) is 0 Å². The van der Waals surface area contributed by atoms with Crippen molar-refractivity contribution in [3.8, 4) is 11.4 Å². The summed E-state index contributed by atoms with van der Waals surface area (Å²) in [5.74, 6) is -0.756. The largest absolute Gasteiger partial charge is 0.416 e. The number of pyridine rings is 1. The monoisotopic (exact) mass is 487 g/mol. The third-order valence-corrected chi connectivity index (χ3v) is 5.95. The molecule has 176 valence electrons. The summed E-state index contributed by atoms with van der Waals surface area (Å²) in [5, 5.41) is 15.8. The van der Waals surface area contributed by atoms with E-state index < -0.39 is 23.3 Å². The normalized spacial score (nSPS) is 13.6. The Bertz CT molecular complexity index is 1290. The number of alkyl halides is 3. The number of hydrogen-bond donors (Lipinski definition) is 3. The zero-order chi connectivity index (χ0) is 24.5. The lowest BCUT2D eigenvalue weighted by Crippen LogP contribution is -2.35. The molecular formula is C23H20F3N5O2S. The van der Waals surface area contributed by atoms with Gasteiger partial charge in [-0.15, -0.1) is 11.3 Å². The van der Waals surface area contributed by atoms with Crippen LogP contribution in [0.4, 0.5) is 18.9 Å². The number of halogens is 3. The van der Waals surface area contributed by atoms with E-state index >= 15 is 0 Å². The second kappa shape index (κ2) is 8.99. The number of carbonyl (C=O) groups excluding carboxylic acids is 1. The van der Waals surface area contributed by atoms with E-state index in [1.165, 1.54) is 35.9 Å². The molecule has 11 heteroatoms. The van der Waals surface area contributed by atoms with Crippen molar-refractivity contribution in [1.82, 2.24) is 19.9 Å². The third-order valence-electron chi connectivity index (χ3n) is 5.36. The first-order valence-electron chi connectivity index (χ1n) is 10.2. The van der Waals surface area contributed by atoms with E-state index in [1.807, 2.05) is 0 Å². The number of anilines is 1. The molecule has 3 N–H and O–H groups in total. The van der Waals surface area contributed by atoms with E-state index in [4.69, 9.17) is 0 Å². The first kappa shape index (κ1) is 23.6. The maximum atomic E-state index is 13.2. The summed E-state index contributed by atoms with van der Waals surface area (Å²) in [6.45, 7) is 3.39. The number of hydrogen-bond acceptors (Lipinski definition) is 6. The lowest BCUT2D eigenvalue weighted by Gasteiger charge is -2.31. The molecule has 0 aliphatic rings. The Labute approximate surface area is 196 Å². The van der Waals surface area contributed by atoms with Gasteiger partial charge in [0.25, 0.3) is 5.91 Å². The summed E-state index contributed by atoms with van der Waals surface area (Å²) < 4.78 is 39.7. The van der Waals surface area contributed by atoms with Gasteiger partial charge in [0.05, 0.1) is 40.5 Å². The Morgan fingerprint density at radius 1 is 1.09 bits per heavy atom. The summed E-state index contributed by atoms with van der Waals surface area (Å²) >= 11 is 1.31. The van der Waals surface area contributed by atoms with Gasteiger partial charge in [0.2, 0.25) is 0 Å². The van der Waals surface area contributed by atoms with Crippen molar-refractivity contribution in [3.05, 3.63) is 82.3 Å². The summed E-state index contributed by atoms with van der Waals surface area (Å²) in [5.41, 5.74) is 0.683. The predicted molar refractivity (Wildman–Crippen MR) is 121 cm³/mol. The van der Waals surface area contributed by atoms with Gasteiger partial charge in [-0.05, 0) is 35.7 Å². The lowest BCUT2D eigenvalue weighted by atomic mass is 9.82. The molecular weight excluding hydrogens is 467 g/mol. The van der Waals surface area contributed by atoms with E-state index in [0.29, 0.717) is 22.8 Å². The Morgan fingerprint density at radius 2 is 1.85 bits per heavy atom. The van der Waals surface area contributed by atoms with Crippen molar-refractivity contribution in [1.29, 1.82) is 0 Å². The Hall–Kier alpha value is -3.57. The van der Waals surface area contributed by atoms with Crippen LogP contribution in [-0.2, 0) is 11.8 Å². The van der Waals surface area contributed by atoms with Crippen LogP contribution in [0.1, 0.15) is 41.3 Å². The molecule has 0 saturated carbocycles. The number of nitrogens with zero attached hydrogens (tertiary/aromatic N) is 3. The number of benzene rings is 1. The third kappa shape index (κ3) is 4.57. The Balaban J connectivity index is 1.60. The minimum atomic E-state index is -4.54. The summed E-state index contributed by atoms with van der Waals surface area (Å²) in [6, 6.07) is 7.88. The van der Waals surface area contributed by atoms with Crippen LogP contribution < -0.4 is 5.32 Å². The summed E-state index contributed by atoms with van der Waals surface area (Å²) in [4.78, 5) is 27.6. The first-order chi connectivity index (χ1) is 16.1. The highest BCUT2D eigenvalue weighted by Crippen LogP contribution is 2.38. The number of rotatable bonds is 6. The quantitative estimate of drug-likeness (QED) is 0.351. The first-order valence-corrected chi connectivity index (χ1v) is 11.1. The van der Waals surface area contributed by atoms with Crippen LogP contribution >= 0.6 is 11.3 Å². The number of H-pyrrole nitrogens is 1. The highest BCUT2D eigenvalue weighted by Gasteiger charge is 2.40. The van der Waals surface area contributed by atoms with E-state index in [-0.39, 0.29) is 17.3 Å². The maximum Gasteiger partial charge on any atom is 0.416 e. The highest BCUT2D eigenvalue weighted by molar-refractivity contribution is 7.07. The standard InChI is InChI=1S/C23H20F3N5O2S/c1-13(2)22(33,14-4-3-5-15(8-14)23(24,25)26)21-28-10-18(31-21)17-7-6-16(9-27-17)30-20(32)19-11-34-12-29-19/h3-13,33H,1-2H3,(H,28,31)(H,30,32). The van der Waals surface area contributed by atoms with Gasteiger partial charge < -0.3 is 15.4 Å². The number of imidazole rings is 1. The molecule has 3 aromatic heterocycles. The molecule has 0 spiro atoms. The molecule has 7 nitrogen and oxygen atoms in total. The molecule has 3 heterocycles. The van der Waals surface area contributed by atoms with Crippen LogP contribution in [0.3, 0.4) is 0 Å². The topological polar surface area (TPSA) is 104 Å². The number of carbonyl (C=O) groups is 1. The number of aromatic nitrogens is 4. The SMILES string of the molecule is CC(C)C(O)(c1cccc(C(F)(F)F)c1)c1ncc(-c2ccc(NC(=O)c3cscn3)cn2)[nH]1. The Kier molecular flexibility index (Phi) is 6.24. The van der Waals surface area contributed by atoms with Crippen molar-refractivity contribution in [2.75, 3.05) is 5.32 Å². The second-order valence-electron chi connectivity index (χ2n) is 7.91. The van der Waals surface area contributed by atoms with E-state index in [0.717, 1.165) is 12.1 Å². The van der Waals surface area contributed by atoms with Gasteiger partial charge in [-0.2, -0.15) is 13.2 Å². The van der Waals surface area contributed by atoms with Crippen LogP contribution in [0.25, 0.3) is 11.4 Å². The Morgan fingerprint density at radius 3 is 2.47 bits per heavy atom. The maximum absolute atomic E-state index is 13.2. The molecule has 0 aliphatic heterocycles. The van der Waals surface area contributed by atoms with Crippen molar-refractivity contribution >= 4 is 22.9 Å². The van der Waals surface area contributed by atoms with Crippen LogP contribution in [0.15, 0.2) is 59.7 Å². The number of amides is 1. The zero-order valence-electron chi connectivity index (χ0n) is 18.1.